The number of rotatable bonds is 5. The molecule has 0 saturated heterocycles. The number of unbranched alkanes of at least 4 members (excludes halogenated alkanes) is 3. The largest absolute Gasteiger partial charge is 0.312 e. The minimum Gasteiger partial charge on any atom is -0.312 e. The molecule has 3 nitrogen and oxygen atoms in total. The number of carbonyl (C=O) groups is 2. The van der Waals surface area contributed by atoms with Crippen molar-refractivity contribution < 1.29 is 9.59 Å². The number of hydrogen-bond donors (Lipinski definition) is 0. The van der Waals surface area contributed by atoms with Crippen LogP contribution >= 0.6 is 0 Å². The Morgan fingerprint density at radius 1 is 0.917 bits per heavy atom. The van der Waals surface area contributed by atoms with E-state index >= 15 is 0 Å². The molecule has 0 rings (SSSR count). The zero-order valence-corrected chi connectivity index (χ0v) is 8.25. The fourth-order valence-electron chi connectivity index (χ4n) is 0.455. The third kappa shape index (κ3) is 34.6. The molecular formula is C9H19NO2. The Kier molecular flexibility index (Phi) is 14.9. The van der Waals surface area contributed by atoms with E-state index in [9.17, 15) is 9.59 Å². The summed E-state index contributed by atoms with van der Waals surface area (Å²) in [4.78, 5) is 21.4. The second-order valence-electron chi connectivity index (χ2n) is 2.96. The second kappa shape index (κ2) is 12.9. The van der Waals surface area contributed by atoms with Crippen LogP contribution in [0.2, 0.25) is 0 Å². The molecule has 0 bridgehead atoms. The monoisotopic (exact) mass is 173 g/mol. The van der Waals surface area contributed by atoms with Crippen molar-refractivity contribution in [1.29, 1.82) is 0 Å². The molecule has 0 aliphatic rings. The van der Waals surface area contributed by atoms with Gasteiger partial charge >= 0.3 is 0 Å². The number of carbonyl (C=O) groups excluding carboxylic acids is 2. The maximum absolute atomic E-state index is 9.68. The zero-order valence-electron chi connectivity index (χ0n) is 8.25. The van der Waals surface area contributed by atoms with Gasteiger partial charge in [-0.05, 0) is 34.0 Å². The van der Waals surface area contributed by atoms with Gasteiger partial charge in [0.15, 0.2) is 0 Å². The van der Waals surface area contributed by atoms with E-state index < -0.39 is 0 Å². The summed E-state index contributed by atoms with van der Waals surface area (Å²) in [6.45, 7) is 0. The Balaban J connectivity index is 0. The highest BCUT2D eigenvalue weighted by Crippen LogP contribution is 1.93. The molecule has 0 aromatic rings. The predicted octanol–water partition coefficient (Wildman–Crippen LogP) is 1.12. The fourth-order valence-corrected chi connectivity index (χ4v) is 0.455. The zero-order chi connectivity index (χ0) is 9.82. The molecule has 0 saturated carbocycles. The van der Waals surface area contributed by atoms with Gasteiger partial charge in [-0.15, -0.1) is 0 Å². The first kappa shape index (κ1) is 13.9. The van der Waals surface area contributed by atoms with Crippen LogP contribution in [0.3, 0.4) is 0 Å². The van der Waals surface area contributed by atoms with E-state index in [1.807, 2.05) is 26.0 Å². The molecule has 0 aromatic carbocycles. The lowest BCUT2D eigenvalue weighted by molar-refractivity contribution is -0.109. The van der Waals surface area contributed by atoms with Crippen molar-refractivity contribution >= 4 is 12.6 Å². The van der Waals surface area contributed by atoms with Crippen molar-refractivity contribution in [2.24, 2.45) is 0 Å². The molecule has 12 heavy (non-hydrogen) atoms. The summed E-state index contributed by atoms with van der Waals surface area (Å²) < 4.78 is 0. The summed E-state index contributed by atoms with van der Waals surface area (Å²) in [7, 11) is 6.00. The van der Waals surface area contributed by atoms with Gasteiger partial charge in [-0.25, -0.2) is 0 Å². The highest BCUT2D eigenvalue weighted by Gasteiger charge is 1.83. The number of nitrogens with zero attached hydrogens (tertiary/aromatic N) is 1. The van der Waals surface area contributed by atoms with Crippen molar-refractivity contribution in [3.8, 4) is 0 Å². The van der Waals surface area contributed by atoms with E-state index in [-0.39, 0.29) is 0 Å². The van der Waals surface area contributed by atoms with Gasteiger partial charge in [0.1, 0.15) is 12.6 Å². The summed E-state index contributed by atoms with van der Waals surface area (Å²) in [5.41, 5.74) is 0. The van der Waals surface area contributed by atoms with Crippen LogP contribution in [0.25, 0.3) is 0 Å². The van der Waals surface area contributed by atoms with Crippen LogP contribution in [-0.2, 0) is 9.59 Å². The molecule has 0 spiro atoms. The minimum absolute atomic E-state index is 0.591. The van der Waals surface area contributed by atoms with E-state index in [1.54, 1.807) is 0 Å². The van der Waals surface area contributed by atoms with Crippen LogP contribution in [0.1, 0.15) is 25.7 Å². The van der Waals surface area contributed by atoms with Crippen LogP contribution in [0, 0.1) is 0 Å². The van der Waals surface area contributed by atoms with Crippen LogP contribution in [-0.4, -0.2) is 38.6 Å². The van der Waals surface area contributed by atoms with Crippen molar-refractivity contribution in [3.63, 3.8) is 0 Å². The van der Waals surface area contributed by atoms with Gasteiger partial charge in [0.2, 0.25) is 0 Å². The lowest BCUT2D eigenvalue weighted by Crippen LogP contribution is -1.99. The van der Waals surface area contributed by atoms with Gasteiger partial charge in [0.25, 0.3) is 0 Å². The maximum atomic E-state index is 9.68. The van der Waals surface area contributed by atoms with Crippen molar-refractivity contribution in [3.05, 3.63) is 0 Å². The second-order valence-corrected chi connectivity index (χ2v) is 2.96. The standard InChI is InChI=1S/C6H10O2.C3H9N/c7-5-3-1-2-4-6-8;1-4(2)3/h5-6H,1-4H2;1-3H3. The van der Waals surface area contributed by atoms with E-state index in [1.165, 1.54) is 0 Å². The molecule has 0 aromatic heterocycles. The molecular weight excluding hydrogens is 154 g/mol. The molecule has 0 aliphatic heterocycles. The molecule has 0 amide bonds. The van der Waals surface area contributed by atoms with Gasteiger partial charge in [-0.1, -0.05) is 0 Å². The normalized spacial score (nSPS) is 8.67. The topological polar surface area (TPSA) is 37.4 Å². The van der Waals surface area contributed by atoms with E-state index in [4.69, 9.17) is 0 Å². The van der Waals surface area contributed by atoms with Crippen LogP contribution in [0.4, 0.5) is 0 Å². The summed E-state index contributed by atoms with van der Waals surface area (Å²) in [5.74, 6) is 0. The Bertz CT molecular complexity index is 89.9. The quantitative estimate of drug-likeness (QED) is 0.462. The van der Waals surface area contributed by atoms with E-state index in [2.05, 4.69) is 0 Å². The molecule has 0 fully saturated rings. The Morgan fingerprint density at radius 3 is 1.33 bits per heavy atom. The Morgan fingerprint density at radius 2 is 1.17 bits per heavy atom. The smallest absolute Gasteiger partial charge is 0.119 e. The van der Waals surface area contributed by atoms with Crippen molar-refractivity contribution in [2.75, 3.05) is 21.1 Å². The molecule has 3 heteroatoms. The summed E-state index contributed by atoms with van der Waals surface area (Å²) in [6.07, 6.45) is 4.64. The first-order valence-corrected chi connectivity index (χ1v) is 4.13. The minimum atomic E-state index is 0.591. The maximum Gasteiger partial charge on any atom is 0.119 e. The molecule has 0 unspecified atom stereocenters. The molecule has 0 aliphatic carbocycles. The van der Waals surface area contributed by atoms with Gasteiger partial charge in [-0.2, -0.15) is 0 Å². The molecule has 0 N–H and O–H groups in total. The van der Waals surface area contributed by atoms with Crippen LogP contribution in [0.5, 0.6) is 0 Å². The average molecular weight is 173 g/mol. The van der Waals surface area contributed by atoms with Crippen LogP contribution in [0.15, 0.2) is 0 Å². The van der Waals surface area contributed by atoms with Gasteiger partial charge in [0, 0.05) is 12.8 Å². The fraction of sp³-hybridized carbons (Fsp3) is 0.778. The van der Waals surface area contributed by atoms with E-state index in [0.29, 0.717) is 12.8 Å². The molecule has 72 valence electrons. The summed E-state index contributed by atoms with van der Waals surface area (Å²) in [6, 6.07) is 0. The summed E-state index contributed by atoms with van der Waals surface area (Å²) >= 11 is 0. The molecule has 0 radical (unpaired) electrons. The molecule has 0 atom stereocenters. The third-order valence-electron chi connectivity index (χ3n) is 0.894. The summed E-state index contributed by atoms with van der Waals surface area (Å²) in [5, 5.41) is 0. The van der Waals surface area contributed by atoms with E-state index in [0.717, 1.165) is 25.4 Å². The number of hydrogen-bond acceptors (Lipinski definition) is 3. The first-order chi connectivity index (χ1) is 5.65. The lowest BCUT2D eigenvalue weighted by atomic mass is 10.2. The Hall–Kier alpha value is -0.700. The van der Waals surface area contributed by atoms with Gasteiger partial charge in [-0.3, -0.25) is 0 Å². The highest BCUT2D eigenvalue weighted by atomic mass is 16.1. The molecule has 0 heterocycles. The predicted molar refractivity (Wildman–Crippen MR) is 50.2 cm³/mol. The van der Waals surface area contributed by atoms with Gasteiger partial charge in [0.05, 0.1) is 0 Å². The SMILES string of the molecule is CN(C)C.O=CCCCCC=O. The third-order valence-corrected chi connectivity index (χ3v) is 0.894. The van der Waals surface area contributed by atoms with Crippen molar-refractivity contribution in [2.45, 2.75) is 25.7 Å². The average Bonchev–Trinajstić information content (AvgIpc) is 1.97. The first-order valence-electron chi connectivity index (χ1n) is 4.13. The van der Waals surface area contributed by atoms with Crippen molar-refractivity contribution in [1.82, 2.24) is 4.90 Å². The number of aldehydes is 2. The lowest BCUT2D eigenvalue weighted by Gasteiger charge is -1.90. The van der Waals surface area contributed by atoms with Crippen LogP contribution < -0.4 is 0 Å². The highest BCUT2D eigenvalue weighted by molar-refractivity contribution is 5.50. The Labute approximate surface area is 74.7 Å². The van der Waals surface area contributed by atoms with Gasteiger partial charge < -0.3 is 14.5 Å².